The van der Waals surface area contributed by atoms with Gasteiger partial charge in [-0.15, -0.1) is 10.2 Å². The van der Waals surface area contributed by atoms with Gasteiger partial charge in [0.1, 0.15) is 0 Å². The van der Waals surface area contributed by atoms with E-state index in [-0.39, 0.29) is 0 Å². The molecule has 110 valence electrons. The maximum absolute atomic E-state index is 5.99. The Kier molecular flexibility index (Phi) is 3.19. The number of benzene rings is 1. The lowest BCUT2D eigenvalue weighted by atomic mass is 10.1. The van der Waals surface area contributed by atoms with Crippen LogP contribution >= 0.6 is 11.8 Å². The van der Waals surface area contributed by atoms with Crippen LogP contribution in [0.1, 0.15) is 12.0 Å². The largest absolute Gasteiger partial charge is 0.463 e. The van der Waals surface area contributed by atoms with E-state index in [0.717, 1.165) is 11.3 Å². The van der Waals surface area contributed by atoms with E-state index in [1.807, 2.05) is 42.7 Å². The average Bonchev–Trinajstić information content (AvgIpc) is 3.04. The van der Waals surface area contributed by atoms with E-state index in [1.165, 1.54) is 11.8 Å². The Hall–Kier alpha value is -2.54. The fraction of sp³-hybridized carbons (Fsp3) is 0.133. The average molecular weight is 312 g/mol. The second kappa shape index (κ2) is 5.34. The minimum Gasteiger partial charge on any atom is -0.463 e. The van der Waals surface area contributed by atoms with Crippen LogP contribution in [0.25, 0.3) is 11.3 Å². The number of nitrogens with one attached hydrogen (secondary N) is 1. The summed E-state index contributed by atoms with van der Waals surface area (Å²) in [4.78, 5) is 4.44. The summed E-state index contributed by atoms with van der Waals surface area (Å²) < 4.78 is 11.5. The van der Waals surface area contributed by atoms with Gasteiger partial charge >= 0.3 is 0 Å². The van der Waals surface area contributed by atoms with Gasteiger partial charge in [-0.1, -0.05) is 30.0 Å². The van der Waals surface area contributed by atoms with Gasteiger partial charge in [-0.3, -0.25) is 0 Å². The van der Waals surface area contributed by atoms with Gasteiger partial charge in [0.25, 0.3) is 0 Å². The van der Waals surface area contributed by atoms with Gasteiger partial charge in [0.05, 0.1) is 6.26 Å². The molecule has 2 aromatic heterocycles. The molecule has 1 N–H and O–H groups in total. The first-order chi connectivity index (χ1) is 10.8. The highest BCUT2D eigenvalue weighted by Crippen LogP contribution is 2.39. The highest BCUT2D eigenvalue weighted by Gasteiger charge is 2.27. The summed E-state index contributed by atoms with van der Waals surface area (Å²) in [6.45, 7) is 0. The molecule has 1 aliphatic heterocycles. The van der Waals surface area contributed by atoms with Crippen LogP contribution in [0, 0.1) is 0 Å². The molecule has 0 spiro atoms. The summed E-state index contributed by atoms with van der Waals surface area (Å²) >= 11 is 1.42. The molecule has 1 aromatic carbocycles. The number of para-hydroxylation sites is 1. The predicted molar refractivity (Wildman–Crippen MR) is 82.7 cm³/mol. The van der Waals surface area contributed by atoms with Crippen molar-refractivity contribution in [2.24, 2.45) is 0 Å². The van der Waals surface area contributed by atoms with E-state index in [2.05, 4.69) is 20.5 Å². The van der Waals surface area contributed by atoms with Crippen LogP contribution in [0.5, 0.6) is 5.88 Å². The summed E-state index contributed by atoms with van der Waals surface area (Å²) in [7, 11) is 0. The lowest BCUT2D eigenvalue weighted by molar-refractivity contribution is 0.195. The number of furan rings is 1. The monoisotopic (exact) mass is 312 g/mol. The van der Waals surface area contributed by atoms with Crippen molar-refractivity contribution in [3.63, 3.8) is 0 Å². The van der Waals surface area contributed by atoms with Crippen molar-refractivity contribution in [3.05, 3.63) is 48.4 Å². The lowest BCUT2D eigenvalue weighted by Gasteiger charge is -2.16. The Labute approximate surface area is 130 Å². The third kappa shape index (κ3) is 2.19. The van der Waals surface area contributed by atoms with Gasteiger partial charge < -0.3 is 14.5 Å². The Bertz CT molecular complexity index is 807. The molecule has 22 heavy (non-hydrogen) atoms. The number of aromatic nitrogens is 3. The van der Waals surface area contributed by atoms with Gasteiger partial charge in [0.2, 0.25) is 17.3 Å². The van der Waals surface area contributed by atoms with Gasteiger partial charge in [-0.05, 0) is 24.5 Å². The maximum Gasteiger partial charge on any atom is 0.247 e. The number of fused-ring (bicyclic) bond motifs is 3. The molecule has 1 aliphatic rings. The summed E-state index contributed by atoms with van der Waals surface area (Å²) in [5.74, 6) is 1.12. The van der Waals surface area contributed by atoms with Crippen molar-refractivity contribution in [1.82, 2.24) is 15.2 Å². The molecule has 0 aliphatic carbocycles. The third-order valence-corrected chi connectivity index (χ3v) is 3.86. The van der Waals surface area contributed by atoms with E-state index in [1.54, 1.807) is 6.26 Å². The van der Waals surface area contributed by atoms with Crippen LogP contribution in [-0.2, 0) is 0 Å². The van der Waals surface area contributed by atoms with Crippen molar-refractivity contribution in [2.45, 2.75) is 11.4 Å². The number of ether oxygens (including phenoxy) is 1. The summed E-state index contributed by atoms with van der Waals surface area (Å²) in [5, 5.41) is 12.3. The quantitative estimate of drug-likeness (QED) is 0.727. The minimum absolute atomic E-state index is 0.443. The molecule has 0 saturated heterocycles. The number of nitrogens with zero attached hydrogens (tertiary/aromatic N) is 3. The molecule has 3 aromatic rings. The molecule has 1 atom stereocenters. The van der Waals surface area contributed by atoms with E-state index in [9.17, 15) is 0 Å². The van der Waals surface area contributed by atoms with Gasteiger partial charge in [-0.25, -0.2) is 0 Å². The second-order valence-corrected chi connectivity index (χ2v) is 5.43. The van der Waals surface area contributed by atoms with E-state index >= 15 is 0 Å². The van der Waals surface area contributed by atoms with Crippen molar-refractivity contribution in [3.8, 4) is 17.1 Å². The first kappa shape index (κ1) is 13.1. The van der Waals surface area contributed by atoms with Crippen molar-refractivity contribution in [2.75, 3.05) is 11.6 Å². The van der Waals surface area contributed by atoms with Crippen molar-refractivity contribution in [1.29, 1.82) is 0 Å². The Morgan fingerprint density at radius 3 is 2.86 bits per heavy atom. The predicted octanol–water partition coefficient (Wildman–Crippen LogP) is 3.36. The standard InChI is InChI=1S/C15H12N4O2S/c1-22-15-17-14-12(18-19-15)9-5-2-3-6-10(9)16-13(21-14)11-7-4-8-20-11/h2-8,13,16H,1H3/t13-/m1/s1. The Morgan fingerprint density at radius 2 is 2.05 bits per heavy atom. The highest BCUT2D eigenvalue weighted by molar-refractivity contribution is 7.98. The van der Waals surface area contributed by atoms with Crippen LogP contribution in [0.4, 0.5) is 5.69 Å². The lowest BCUT2D eigenvalue weighted by Crippen LogP contribution is -2.16. The van der Waals surface area contributed by atoms with Crippen molar-refractivity contribution >= 4 is 17.4 Å². The third-order valence-electron chi connectivity index (χ3n) is 3.32. The van der Waals surface area contributed by atoms with Crippen LogP contribution < -0.4 is 10.1 Å². The molecule has 0 amide bonds. The molecular formula is C15H12N4O2S. The molecule has 0 fully saturated rings. The number of hydrogen-bond donors (Lipinski definition) is 1. The maximum atomic E-state index is 5.99. The molecule has 6 nitrogen and oxygen atoms in total. The number of anilines is 1. The van der Waals surface area contributed by atoms with E-state index in [0.29, 0.717) is 22.5 Å². The SMILES string of the molecule is CSc1nnc2c(n1)O[C@H](c1ccco1)Nc1ccccc1-2. The van der Waals surface area contributed by atoms with Gasteiger partial charge in [-0.2, -0.15) is 4.98 Å². The van der Waals surface area contributed by atoms with Crippen LogP contribution in [0.2, 0.25) is 0 Å². The van der Waals surface area contributed by atoms with Gasteiger partial charge in [0, 0.05) is 11.3 Å². The Balaban J connectivity index is 1.88. The topological polar surface area (TPSA) is 73.1 Å². The number of thioether (sulfide) groups is 1. The second-order valence-electron chi connectivity index (χ2n) is 4.66. The zero-order valence-electron chi connectivity index (χ0n) is 11.7. The number of rotatable bonds is 2. The minimum atomic E-state index is -0.469. The van der Waals surface area contributed by atoms with Crippen LogP contribution in [0.3, 0.4) is 0 Å². The molecule has 0 bridgehead atoms. The summed E-state index contributed by atoms with van der Waals surface area (Å²) in [5.41, 5.74) is 2.42. The fourth-order valence-corrected chi connectivity index (χ4v) is 2.60. The van der Waals surface area contributed by atoms with E-state index in [4.69, 9.17) is 9.15 Å². The zero-order chi connectivity index (χ0) is 14.9. The zero-order valence-corrected chi connectivity index (χ0v) is 12.5. The van der Waals surface area contributed by atoms with Gasteiger partial charge in [0.15, 0.2) is 11.5 Å². The normalized spacial score (nSPS) is 16.0. The first-order valence-corrected chi connectivity index (χ1v) is 7.92. The fourth-order valence-electron chi connectivity index (χ4n) is 2.30. The Morgan fingerprint density at radius 1 is 1.14 bits per heavy atom. The summed E-state index contributed by atoms with van der Waals surface area (Å²) in [6, 6.07) is 11.5. The molecule has 0 unspecified atom stereocenters. The molecular weight excluding hydrogens is 300 g/mol. The molecule has 4 rings (SSSR count). The molecule has 7 heteroatoms. The summed E-state index contributed by atoms with van der Waals surface area (Å²) in [6.07, 6.45) is 3.05. The van der Waals surface area contributed by atoms with Crippen LogP contribution in [-0.4, -0.2) is 21.4 Å². The van der Waals surface area contributed by atoms with Crippen LogP contribution in [0.15, 0.2) is 52.2 Å². The van der Waals surface area contributed by atoms with E-state index < -0.39 is 6.23 Å². The molecule has 0 saturated carbocycles. The molecule has 0 radical (unpaired) electrons. The highest BCUT2D eigenvalue weighted by atomic mass is 32.2. The first-order valence-electron chi connectivity index (χ1n) is 6.70. The smallest absolute Gasteiger partial charge is 0.247 e. The number of hydrogen-bond acceptors (Lipinski definition) is 7. The van der Waals surface area contributed by atoms with Crippen molar-refractivity contribution < 1.29 is 9.15 Å². The molecule has 3 heterocycles.